The smallest absolute Gasteiger partial charge is 0.287 e. The summed E-state index contributed by atoms with van der Waals surface area (Å²) in [5.74, 6) is -0.848. The fourth-order valence-corrected chi connectivity index (χ4v) is 0.581. The number of Topliss-reactive ketones (excluding diaryl/α,β-unsaturated/α-hetero) is 1. The first kappa shape index (κ1) is 10.1. The zero-order valence-corrected chi connectivity index (χ0v) is 7.52. The van der Waals surface area contributed by atoms with Gasteiger partial charge in [0.2, 0.25) is 5.78 Å². The molecule has 0 aromatic carbocycles. The van der Waals surface area contributed by atoms with Gasteiger partial charge < -0.3 is 5.32 Å². The molecule has 0 radical (unpaired) electrons. The van der Waals surface area contributed by atoms with Gasteiger partial charge in [-0.25, -0.2) is 0 Å². The van der Waals surface area contributed by atoms with Crippen LogP contribution in [0.5, 0.6) is 0 Å². The lowest BCUT2D eigenvalue weighted by Gasteiger charge is -2.18. The molecule has 1 amide bonds. The predicted octanol–water partition coefficient (Wildman–Crippen LogP) is 0.738. The molecule has 0 spiro atoms. The highest BCUT2D eigenvalue weighted by Crippen LogP contribution is 2.20. The molecule has 0 aliphatic heterocycles. The molecule has 0 unspecified atom stereocenters. The Morgan fingerprint density at radius 3 is 2.09 bits per heavy atom. The number of hydrogen-bond acceptors (Lipinski definition) is 2. The van der Waals surface area contributed by atoms with Gasteiger partial charge in [-0.2, -0.15) is 0 Å². The lowest BCUT2D eigenvalue weighted by molar-refractivity contribution is -0.142. The van der Waals surface area contributed by atoms with E-state index < -0.39 is 11.3 Å². The second kappa shape index (κ2) is 3.51. The SMILES string of the molecule is CCC(C)(C)C(=O)C(=O)NC. The Hall–Kier alpha value is -0.860. The van der Waals surface area contributed by atoms with Crippen molar-refractivity contribution < 1.29 is 9.59 Å². The summed E-state index contributed by atoms with van der Waals surface area (Å²) >= 11 is 0. The Bertz CT molecular complexity index is 173. The quantitative estimate of drug-likeness (QED) is 0.614. The largest absolute Gasteiger partial charge is 0.353 e. The Labute approximate surface area is 67.2 Å². The third-order valence-corrected chi connectivity index (χ3v) is 1.93. The van der Waals surface area contributed by atoms with Gasteiger partial charge in [-0.05, 0) is 6.42 Å². The van der Waals surface area contributed by atoms with Crippen LogP contribution in [0.4, 0.5) is 0 Å². The van der Waals surface area contributed by atoms with E-state index in [1.807, 2.05) is 6.92 Å². The van der Waals surface area contributed by atoms with Crippen LogP contribution in [0.2, 0.25) is 0 Å². The number of ketones is 1. The molecule has 1 N–H and O–H groups in total. The number of nitrogens with one attached hydrogen (secondary N) is 1. The topological polar surface area (TPSA) is 46.2 Å². The Kier molecular flexibility index (Phi) is 3.23. The molecule has 0 aliphatic carbocycles. The summed E-state index contributed by atoms with van der Waals surface area (Å²) in [5.41, 5.74) is -0.528. The van der Waals surface area contributed by atoms with Crippen LogP contribution < -0.4 is 5.32 Å². The molecule has 0 aromatic rings. The van der Waals surface area contributed by atoms with Gasteiger partial charge in [0.05, 0.1) is 0 Å². The molecule has 11 heavy (non-hydrogen) atoms. The molecule has 0 aliphatic rings. The van der Waals surface area contributed by atoms with Gasteiger partial charge >= 0.3 is 0 Å². The maximum atomic E-state index is 11.2. The predicted molar refractivity (Wildman–Crippen MR) is 43.1 cm³/mol. The summed E-state index contributed by atoms with van der Waals surface area (Å²) in [6.07, 6.45) is 0.680. The first-order valence-electron chi connectivity index (χ1n) is 3.72. The molecule has 0 saturated heterocycles. The van der Waals surface area contributed by atoms with Gasteiger partial charge in [0.25, 0.3) is 5.91 Å². The maximum absolute atomic E-state index is 11.2. The average Bonchev–Trinajstić information content (AvgIpc) is 2.01. The van der Waals surface area contributed by atoms with E-state index in [0.717, 1.165) is 0 Å². The van der Waals surface area contributed by atoms with Gasteiger partial charge in [-0.1, -0.05) is 20.8 Å². The molecule has 0 heterocycles. The molecule has 0 saturated carbocycles. The van der Waals surface area contributed by atoms with Crippen molar-refractivity contribution in [3.8, 4) is 0 Å². The summed E-state index contributed by atoms with van der Waals surface area (Å²) in [6.45, 7) is 5.43. The second-order valence-electron chi connectivity index (χ2n) is 3.15. The van der Waals surface area contributed by atoms with Crippen LogP contribution in [-0.2, 0) is 9.59 Å². The third-order valence-electron chi connectivity index (χ3n) is 1.93. The molecule has 0 aromatic heterocycles. The van der Waals surface area contributed by atoms with Crippen molar-refractivity contribution >= 4 is 11.7 Å². The Morgan fingerprint density at radius 1 is 1.36 bits per heavy atom. The Morgan fingerprint density at radius 2 is 1.82 bits per heavy atom. The van der Waals surface area contributed by atoms with E-state index in [1.165, 1.54) is 7.05 Å². The fourth-order valence-electron chi connectivity index (χ4n) is 0.581. The lowest BCUT2D eigenvalue weighted by atomic mass is 9.85. The molecular weight excluding hydrogens is 142 g/mol. The number of amides is 1. The minimum atomic E-state index is -0.528. The normalized spacial score (nSPS) is 10.9. The monoisotopic (exact) mass is 157 g/mol. The molecule has 64 valence electrons. The van der Waals surface area contributed by atoms with Crippen LogP contribution in [0.25, 0.3) is 0 Å². The van der Waals surface area contributed by atoms with Crippen LogP contribution >= 0.6 is 0 Å². The van der Waals surface area contributed by atoms with E-state index in [1.54, 1.807) is 13.8 Å². The minimum absolute atomic E-state index is 0.345. The highest BCUT2D eigenvalue weighted by molar-refractivity contribution is 6.37. The van der Waals surface area contributed by atoms with Crippen molar-refractivity contribution in [1.82, 2.24) is 5.32 Å². The highest BCUT2D eigenvalue weighted by Gasteiger charge is 2.30. The maximum Gasteiger partial charge on any atom is 0.287 e. The molecule has 0 rings (SSSR count). The van der Waals surface area contributed by atoms with Gasteiger partial charge in [-0.15, -0.1) is 0 Å². The van der Waals surface area contributed by atoms with Gasteiger partial charge in [-0.3, -0.25) is 9.59 Å². The zero-order chi connectivity index (χ0) is 9.07. The third kappa shape index (κ3) is 2.33. The lowest BCUT2D eigenvalue weighted by Crippen LogP contribution is -2.37. The molecular formula is C8H15NO2. The second-order valence-corrected chi connectivity index (χ2v) is 3.15. The summed E-state index contributed by atoms with van der Waals surface area (Å²) in [7, 11) is 1.46. The van der Waals surface area contributed by atoms with Crippen LogP contribution in [0.3, 0.4) is 0 Å². The molecule has 3 nitrogen and oxygen atoms in total. The van der Waals surface area contributed by atoms with E-state index >= 15 is 0 Å². The first-order chi connectivity index (χ1) is 4.95. The number of carbonyl (C=O) groups excluding carboxylic acids is 2. The Balaban J connectivity index is 4.36. The number of hydrogen-bond donors (Lipinski definition) is 1. The summed E-state index contributed by atoms with van der Waals surface area (Å²) in [5, 5.41) is 2.32. The van der Waals surface area contributed by atoms with Crippen molar-refractivity contribution in [2.45, 2.75) is 27.2 Å². The molecule has 0 fully saturated rings. The van der Waals surface area contributed by atoms with Crippen molar-refractivity contribution in [1.29, 1.82) is 0 Å². The fraction of sp³-hybridized carbons (Fsp3) is 0.750. The number of carbonyl (C=O) groups is 2. The van der Waals surface area contributed by atoms with Gasteiger partial charge in [0.1, 0.15) is 0 Å². The van der Waals surface area contributed by atoms with Gasteiger partial charge in [0, 0.05) is 12.5 Å². The van der Waals surface area contributed by atoms with Crippen LogP contribution in [0, 0.1) is 5.41 Å². The van der Waals surface area contributed by atoms with Crippen molar-refractivity contribution in [2.75, 3.05) is 7.05 Å². The number of likely N-dealkylation sites (N-methyl/N-ethyl adjacent to an activating group) is 1. The summed E-state index contributed by atoms with van der Waals surface area (Å²) in [6, 6.07) is 0. The van der Waals surface area contributed by atoms with Crippen LogP contribution in [-0.4, -0.2) is 18.7 Å². The minimum Gasteiger partial charge on any atom is -0.353 e. The standard InChI is InChI=1S/C8H15NO2/c1-5-8(2,3)6(10)7(11)9-4/h5H2,1-4H3,(H,9,11). The molecule has 0 bridgehead atoms. The van der Waals surface area contributed by atoms with E-state index in [-0.39, 0.29) is 5.78 Å². The van der Waals surface area contributed by atoms with Crippen molar-refractivity contribution in [2.24, 2.45) is 5.41 Å². The average molecular weight is 157 g/mol. The van der Waals surface area contributed by atoms with E-state index in [2.05, 4.69) is 5.32 Å². The van der Waals surface area contributed by atoms with Gasteiger partial charge in [0.15, 0.2) is 0 Å². The summed E-state index contributed by atoms with van der Waals surface area (Å²) in [4.78, 5) is 22.1. The van der Waals surface area contributed by atoms with Crippen LogP contribution in [0.15, 0.2) is 0 Å². The van der Waals surface area contributed by atoms with E-state index in [0.29, 0.717) is 6.42 Å². The summed E-state index contributed by atoms with van der Waals surface area (Å²) < 4.78 is 0. The zero-order valence-electron chi connectivity index (χ0n) is 7.52. The highest BCUT2D eigenvalue weighted by atomic mass is 16.2. The van der Waals surface area contributed by atoms with Crippen LogP contribution in [0.1, 0.15) is 27.2 Å². The van der Waals surface area contributed by atoms with Crippen molar-refractivity contribution in [3.05, 3.63) is 0 Å². The number of rotatable bonds is 3. The molecule has 0 atom stereocenters. The molecule has 3 heteroatoms. The van der Waals surface area contributed by atoms with E-state index in [4.69, 9.17) is 0 Å². The van der Waals surface area contributed by atoms with Crippen molar-refractivity contribution in [3.63, 3.8) is 0 Å². The van der Waals surface area contributed by atoms with E-state index in [9.17, 15) is 9.59 Å². The first-order valence-corrected chi connectivity index (χ1v) is 3.72.